The van der Waals surface area contributed by atoms with Gasteiger partial charge in [0.05, 0.1) is 0 Å². The molecule has 1 aromatic carbocycles. The van der Waals surface area contributed by atoms with E-state index in [0.717, 1.165) is 18.4 Å². The molecule has 16 heavy (non-hydrogen) atoms. The van der Waals surface area contributed by atoms with E-state index >= 15 is 0 Å². The van der Waals surface area contributed by atoms with Gasteiger partial charge in [-0.05, 0) is 25.3 Å². The number of alkyl halides is 1. The minimum atomic E-state index is -1.08. The second kappa shape index (κ2) is 4.36. The van der Waals surface area contributed by atoms with Crippen molar-refractivity contribution in [2.24, 2.45) is 0 Å². The monoisotopic (exact) mass is 220 g/mol. The summed E-state index contributed by atoms with van der Waals surface area (Å²) in [4.78, 5) is 11.4. The normalized spacial score (nSPS) is 18.6. The van der Waals surface area contributed by atoms with Crippen LogP contribution in [0.1, 0.15) is 48.5 Å². The van der Waals surface area contributed by atoms with Crippen molar-refractivity contribution in [3.8, 4) is 0 Å². The molecule has 0 aliphatic heterocycles. The summed E-state index contributed by atoms with van der Waals surface area (Å²) in [5, 5.41) is 0. The van der Waals surface area contributed by atoms with Crippen LogP contribution >= 0.6 is 0 Å². The molecule has 86 valence electrons. The van der Waals surface area contributed by atoms with Gasteiger partial charge >= 0.3 is 0 Å². The van der Waals surface area contributed by atoms with Gasteiger partial charge < -0.3 is 0 Å². The highest BCUT2D eigenvalue weighted by molar-refractivity contribution is 5.95. The molecule has 1 aliphatic carbocycles. The highest BCUT2D eigenvalue weighted by atomic mass is 19.1. The molecular formula is C14H17FO. The number of hydrogen-bond acceptors (Lipinski definition) is 1. The second-order valence-electron chi connectivity index (χ2n) is 4.75. The fourth-order valence-corrected chi connectivity index (χ4v) is 2.54. The molecule has 0 heterocycles. The van der Waals surface area contributed by atoms with Crippen LogP contribution in [0.2, 0.25) is 0 Å². The molecule has 1 aromatic rings. The molecule has 2 heteroatoms. The van der Waals surface area contributed by atoms with E-state index in [-0.39, 0.29) is 5.78 Å². The van der Waals surface area contributed by atoms with E-state index in [2.05, 4.69) is 0 Å². The molecule has 0 saturated heterocycles. The van der Waals surface area contributed by atoms with Gasteiger partial charge in [-0.15, -0.1) is 0 Å². The summed E-state index contributed by atoms with van der Waals surface area (Å²) in [7, 11) is 0. The van der Waals surface area contributed by atoms with E-state index in [0.29, 0.717) is 24.8 Å². The number of Topliss-reactive ketones (excluding diaryl/α,β-unsaturated/α-hetero) is 1. The molecule has 1 nitrogen and oxygen atoms in total. The number of carbonyl (C=O) groups is 1. The summed E-state index contributed by atoms with van der Waals surface area (Å²) >= 11 is 0. The van der Waals surface area contributed by atoms with Gasteiger partial charge in [0.15, 0.2) is 5.78 Å². The minimum Gasteiger partial charge on any atom is -0.295 e. The third-order valence-corrected chi connectivity index (χ3v) is 3.40. The Kier molecular flexibility index (Phi) is 3.08. The van der Waals surface area contributed by atoms with Crippen LogP contribution < -0.4 is 0 Å². The summed E-state index contributed by atoms with van der Waals surface area (Å²) in [5.74, 6) is 0.0252. The molecule has 1 saturated carbocycles. The Morgan fingerprint density at radius 3 is 2.56 bits per heavy atom. The molecule has 0 unspecified atom stereocenters. The molecule has 0 bridgehead atoms. The number of benzene rings is 1. The number of rotatable bonds is 3. The van der Waals surface area contributed by atoms with Gasteiger partial charge in [-0.2, -0.15) is 0 Å². The maximum absolute atomic E-state index is 14.3. The van der Waals surface area contributed by atoms with Gasteiger partial charge in [0.1, 0.15) is 5.67 Å². The van der Waals surface area contributed by atoms with Crippen molar-refractivity contribution in [2.45, 2.75) is 44.7 Å². The molecule has 0 N–H and O–H groups in total. The topological polar surface area (TPSA) is 17.1 Å². The van der Waals surface area contributed by atoms with Crippen molar-refractivity contribution in [3.63, 3.8) is 0 Å². The maximum Gasteiger partial charge on any atom is 0.160 e. The first kappa shape index (κ1) is 11.3. The van der Waals surface area contributed by atoms with Crippen LogP contribution in [0.4, 0.5) is 4.39 Å². The Hall–Kier alpha value is -1.18. The molecule has 0 aromatic heterocycles. The van der Waals surface area contributed by atoms with Gasteiger partial charge in [0.25, 0.3) is 0 Å². The van der Waals surface area contributed by atoms with E-state index in [4.69, 9.17) is 0 Å². The lowest BCUT2D eigenvalue weighted by Crippen LogP contribution is -2.22. The average molecular weight is 220 g/mol. The predicted molar refractivity (Wildman–Crippen MR) is 62.5 cm³/mol. The summed E-state index contributed by atoms with van der Waals surface area (Å²) in [6.07, 6.45) is 3.61. The zero-order valence-electron chi connectivity index (χ0n) is 9.63. The molecule has 1 fully saturated rings. The minimum absolute atomic E-state index is 0.0252. The fourth-order valence-electron chi connectivity index (χ4n) is 2.54. The maximum atomic E-state index is 14.3. The Bertz CT molecular complexity index is 391. The van der Waals surface area contributed by atoms with Gasteiger partial charge in [-0.25, -0.2) is 4.39 Å². The van der Waals surface area contributed by atoms with E-state index < -0.39 is 5.67 Å². The van der Waals surface area contributed by atoms with Crippen LogP contribution in [0.5, 0.6) is 0 Å². The zero-order chi connectivity index (χ0) is 11.6. The Morgan fingerprint density at radius 2 is 1.94 bits per heavy atom. The lowest BCUT2D eigenvalue weighted by atomic mass is 9.91. The standard InChI is InChI=1S/C14H17FO/c1-11(16)13-7-3-2-6-12(13)10-14(15)8-4-5-9-14/h2-3,6-7H,4-5,8-10H2,1H3. The van der Waals surface area contributed by atoms with Crippen molar-refractivity contribution in [1.29, 1.82) is 0 Å². The Balaban J connectivity index is 2.23. The van der Waals surface area contributed by atoms with Crippen molar-refractivity contribution in [2.75, 3.05) is 0 Å². The summed E-state index contributed by atoms with van der Waals surface area (Å²) in [6, 6.07) is 7.37. The summed E-state index contributed by atoms with van der Waals surface area (Å²) < 4.78 is 14.3. The van der Waals surface area contributed by atoms with Crippen molar-refractivity contribution in [1.82, 2.24) is 0 Å². The van der Waals surface area contributed by atoms with Gasteiger partial charge in [0.2, 0.25) is 0 Å². The molecule has 0 atom stereocenters. The van der Waals surface area contributed by atoms with Gasteiger partial charge in [-0.1, -0.05) is 37.1 Å². The first-order valence-electron chi connectivity index (χ1n) is 5.88. The van der Waals surface area contributed by atoms with Crippen molar-refractivity contribution in [3.05, 3.63) is 35.4 Å². The van der Waals surface area contributed by atoms with Crippen LogP contribution in [0.25, 0.3) is 0 Å². The lowest BCUT2D eigenvalue weighted by molar-refractivity contribution is 0.101. The van der Waals surface area contributed by atoms with Crippen molar-refractivity contribution < 1.29 is 9.18 Å². The summed E-state index contributed by atoms with van der Waals surface area (Å²) in [5.41, 5.74) is 0.455. The first-order valence-corrected chi connectivity index (χ1v) is 5.88. The molecule has 1 aliphatic rings. The second-order valence-corrected chi connectivity index (χ2v) is 4.75. The average Bonchev–Trinajstić information content (AvgIpc) is 2.65. The van der Waals surface area contributed by atoms with Gasteiger partial charge in [-0.3, -0.25) is 4.79 Å². The third-order valence-electron chi connectivity index (χ3n) is 3.40. The van der Waals surface area contributed by atoms with Crippen molar-refractivity contribution >= 4 is 5.78 Å². The summed E-state index contributed by atoms with van der Waals surface area (Å²) in [6.45, 7) is 1.54. The van der Waals surface area contributed by atoms with E-state index in [1.54, 1.807) is 13.0 Å². The van der Waals surface area contributed by atoms with E-state index in [1.807, 2.05) is 18.2 Å². The highest BCUT2D eigenvalue weighted by Gasteiger charge is 2.34. The quantitative estimate of drug-likeness (QED) is 0.710. The predicted octanol–water partition coefficient (Wildman–Crippen LogP) is 3.71. The number of halogens is 1. The van der Waals surface area contributed by atoms with Crippen LogP contribution in [0.15, 0.2) is 24.3 Å². The smallest absolute Gasteiger partial charge is 0.160 e. The van der Waals surface area contributed by atoms with Gasteiger partial charge in [0, 0.05) is 12.0 Å². The Labute approximate surface area is 95.7 Å². The molecule has 2 rings (SSSR count). The number of carbonyl (C=O) groups excluding carboxylic acids is 1. The SMILES string of the molecule is CC(=O)c1ccccc1CC1(F)CCCC1. The third kappa shape index (κ3) is 2.31. The highest BCUT2D eigenvalue weighted by Crippen LogP contribution is 2.36. The number of ketones is 1. The van der Waals surface area contributed by atoms with Crippen LogP contribution in [0.3, 0.4) is 0 Å². The fraction of sp³-hybridized carbons (Fsp3) is 0.500. The van der Waals surface area contributed by atoms with Crippen LogP contribution in [0, 0.1) is 0 Å². The van der Waals surface area contributed by atoms with Crippen LogP contribution in [-0.2, 0) is 6.42 Å². The number of hydrogen-bond donors (Lipinski definition) is 0. The molecule has 0 radical (unpaired) electrons. The molecule has 0 spiro atoms. The Morgan fingerprint density at radius 1 is 1.31 bits per heavy atom. The zero-order valence-corrected chi connectivity index (χ0v) is 9.63. The largest absolute Gasteiger partial charge is 0.295 e. The lowest BCUT2D eigenvalue weighted by Gasteiger charge is -2.20. The molecular weight excluding hydrogens is 203 g/mol. The van der Waals surface area contributed by atoms with Crippen LogP contribution in [-0.4, -0.2) is 11.5 Å². The van der Waals surface area contributed by atoms with E-state index in [1.165, 1.54) is 0 Å². The molecule has 0 amide bonds. The van der Waals surface area contributed by atoms with E-state index in [9.17, 15) is 9.18 Å². The first-order chi connectivity index (χ1) is 7.61.